The lowest BCUT2D eigenvalue weighted by Gasteiger charge is -2.09. The standard InChI is InChI=1S/C16H15BrN6O/c1-9-6-10(2)23(22-9)16-20-13(8-15(21-16)19-11(3)24)12-4-5-18-14(17)7-12/h4-8H,1-3H3,(H,19,20,21,24). The Balaban J connectivity index is 2.17. The summed E-state index contributed by atoms with van der Waals surface area (Å²) in [5.41, 5.74) is 3.30. The highest BCUT2D eigenvalue weighted by atomic mass is 79.9. The van der Waals surface area contributed by atoms with Crippen molar-refractivity contribution in [2.24, 2.45) is 0 Å². The van der Waals surface area contributed by atoms with Crippen LogP contribution in [0, 0.1) is 13.8 Å². The van der Waals surface area contributed by atoms with E-state index in [1.165, 1.54) is 6.92 Å². The third-order valence-electron chi connectivity index (χ3n) is 3.24. The molecule has 0 spiro atoms. The van der Waals surface area contributed by atoms with Crippen molar-refractivity contribution in [3.05, 3.63) is 46.5 Å². The highest BCUT2D eigenvalue weighted by Gasteiger charge is 2.12. The van der Waals surface area contributed by atoms with E-state index < -0.39 is 0 Å². The first kappa shape index (κ1) is 16.3. The number of aromatic nitrogens is 5. The molecular formula is C16H15BrN6O. The van der Waals surface area contributed by atoms with Crippen molar-refractivity contribution < 1.29 is 4.79 Å². The zero-order chi connectivity index (χ0) is 17.3. The Hall–Kier alpha value is -2.61. The second-order valence-corrected chi connectivity index (χ2v) is 6.14. The third kappa shape index (κ3) is 3.48. The topological polar surface area (TPSA) is 85.6 Å². The largest absolute Gasteiger partial charge is 0.311 e. The van der Waals surface area contributed by atoms with Crippen molar-refractivity contribution in [1.82, 2.24) is 24.7 Å². The molecule has 0 saturated carbocycles. The highest BCUT2D eigenvalue weighted by molar-refractivity contribution is 9.10. The fourth-order valence-electron chi connectivity index (χ4n) is 2.31. The van der Waals surface area contributed by atoms with Crippen LogP contribution in [-0.4, -0.2) is 30.6 Å². The number of carbonyl (C=O) groups excluding carboxylic acids is 1. The third-order valence-corrected chi connectivity index (χ3v) is 3.67. The molecule has 0 saturated heterocycles. The van der Waals surface area contributed by atoms with Gasteiger partial charge in [-0.3, -0.25) is 4.79 Å². The van der Waals surface area contributed by atoms with Crippen LogP contribution < -0.4 is 5.32 Å². The molecule has 7 nitrogen and oxygen atoms in total. The molecule has 0 aliphatic heterocycles. The van der Waals surface area contributed by atoms with Gasteiger partial charge in [-0.25, -0.2) is 14.6 Å². The van der Waals surface area contributed by atoms with Crippen LogP contribution in [0.2, 0.25) is 0 Å². The predicted octanol–water partition coefficient (Wildman–Crippen LogP) is 3.06. The number of nitrogens with zero attached hydrogens (tertiary/aromatic N) is 5. The number of rotatable bonds is 3. The molecule has 3 aromatic heterocycles. The van der Waals surface area contributed by atoms with Gasteiger partial charge in [0, 0.05) is 30.4 Å². The van der Waals surface area contributed by atoms with Crippen molar-refractivity contribution in [2.75, 3.05) is 5.32 Å². The lowest BCUT2D eigenvalue weighted by atomic mass is 10.2. The maximum Gasteiger partial charge on any atom is 0.253 e. The lowest BCUT2D eigenvalue weighted by molar-refractivity contribution is -0.114. The van der Waals surface area contributed by atoms with E-state index in [1.807, 2.05) is 32.0 Å². The number of carbonyl (C=O) groups is 1. The first-order valence-corrected chi connectivity index (χ1v) is 8.04. The predicted molar refractivity (Wildman–Crippen MR) is 93.9 cm³/mol. The Labute approximate surface area is 147 Å². The number of anilines is 1. The molecular weight excluding hydrogens is 372 g/mol. The summed E-state index contributed by atoms with van der Waals surface area (Å²) >= 11 is 3.35. The summed E-state index contributed by atoms with van der Waals surface area (Å²) in [5, 5.41) is 7.12. The maximum absolute atomic E-state index is 11.4. The van der Waals surface area contributed by atoms with Gasteiger partial charge >= 0.3 is 0 Å². The van der Waals surface area contributed by atoms with E-state index in [0.717, 1.165) is 17.0 Å². The molecule has 0 atom stereocenters. The Morgan fingerprint density at radius 1 is 1.21 bits per heavy atom. The van der Waals surface area contributed by atoms with Crippen molar-refractivity contribution in [1.29, 1.82) is 0 Å². The molecule has 0 aliphatic rings. The van der Waals surface area contributed by atoms with Crippen LogP contribution in [0.5, 0.6) is 0 Å². The molecule has 0 fully saturated rings. The maximum atomic E-state index is 11.4. The molecule has 1 amide bonds. The second-order valence-electron chi connectivity index (χ2n) is 5.33. The Morgan fingerprint density at radius 3 is 2.62 bits per heavy atom. The summed E-state index contributed by atoms with van der Waals surface area (Å²) in [6.45, 7) is 5.27. The normalized spacial score (nSPS) is 10.7. The summed E-state index contributed by atoms with van der Waals surface area (Å²) in [4.78, 5) is 24.5. The summed E-state index contributed by atoms with van der Waals surface area (Å²) in [7, 11) is 0. The molecule has 3 rings (SSSR count). The Kier molecular flexibility index (Phi) is 4.39. The molecule has 0 radical (unpaired) electrons. The lowest BCUT2D eigenvalue weighted by Crippen LogP contribution is -2.12. The fourth-order valence-corrected chi connectivity index (χ4v) is 2.68. The van der Waals surface area contributed by atoms with Crippen molar-refractivity contribution in [3.63, 3.8) is 0 Å². The SMILES string of the molecule is CC(=O)Nc1cc(-c2ccnc(Br)c2)nc(-n2nc(C)cc2C)n1. The van der Waals surface area contributed by atoms with E-state index in [0.29, 0.717) is 22.1 Å². The van der Waals surface area contributed by atoms with Gasteiger partial charge in [-0.15, -0.1) is 0 Å². The number of aryl methyl sites for hydroxylation is 2. The van der Waals surface area contributed by atoms with E-state index in [-0.39, 0.29) is 5.91 Å². The van der Waals surface area contributed by atoms with Gasteiger partial charge in [0.2, 0.25) is 5.91 Å². The van der Waals surface area contributed by atoms with Crippen LogP contribution >= 0.6 is 15.9 Å². The molecule has 24 heavy (non-hydrogen) atoms. The monoisotopic (exact) mass is 386 g/mol. The van der Waals surface area contributed by atoms with Crippen LogP contribution in [0.1, 0.15) is 18.3 Å². The number of nitrogens with one attached hydrogen (secondary N) is 1. The Bertz CT molecular complexity index is 921. The van der Waals surface area contributed by atoms with Gasteiger partial charge < -0.3 is 5.32 Å². The van der Waals surface area contributed by atoms with E-state index in [4.69, 9.17) is 0 Å². The number of pyridine rings is 1. The second kappa shape index (κ2) is 6.48. The van der Waals surface area contributed by atoms with Crippen LogP contribution in [-0.2, 0) is 4.79 Å². The van der Waals surface area contributed by atoms with Crippen LogP contribution in [0.15, 0.2) is 35.1 Å². The molecule has 3 heterocycles. The van der Waals surface area contributed by atoms with E-state index >= 15 is 0 Å². The van der Waals surface area contributed by atoms with E-state index in [9.17, 15) is 4.79 Å². The molecule has 122 valence electrons. The molecule has 8 heteroatoms. The molecule has 0 aliphatic carbocycles. The summed E-state index contributed by atoms with van der Waals surface area (Å²) in [5.74, 6) is 0.618. The van der Waals surface area contributed by atoms with Crippen molar-refractivity contribution in [3.8, 4) is 17.2 Å². The minimum absolute atomic E-state index is 0.199. The summed E-state index contributed by atoms with van der Waals surface area (Å²) in [6, 6.07) is 7.36. The zero-order valence-corrected chi connectivity index (χ0v) is 15.0. The first-order valence-electron chi connectivity index (χ1n) is 7.24. The van der Waals surface area contributed by atoms with Gasteiger partial charge in [0.1, 0.15) is 10.4 Å². The van der Waals surface area contributed by atoms with Gasteiger partial charge in [-0.2, -0.15) is 10.1 Å². The van der Waals surface area contributed by atoms with Gasteiger partial charge in [-0.1, -0.05) is 0 Å². The van der Waals surface area contributed by atoms with Crippen LogP contribution in [0.25, 0.3) is 17.2 Å². The highest BCUT2D eigenvalue weighted by Crippen LogP contribution is 2.23. The van der Waals surface area contributed by atoms with Crippen molar-refractivity contribution >= 4 is 27.7 Å². The van der Waals surface area contributed by atoms with Gasteiger partial charge in [0.15, 0.2) is 0 Å². The van der Waals surface area contributed by atoms with Gasteiger partial charge in [-0.05, 0) is 48.0 Å². The first-order chi connectivity index (χ1) is 11.4. The quantitative estimate of drug-likeness (QED) is 0.699. The molecule has 3 aromatic rings. The molecule has 0 aromatic carbocycles. The van der Waals surface area contributed by atoms with Gasteiger partial charge in [0.25, 0.3) is 5.95 Å². The average molecular weight is 387 g/mol. The summed E-state index contributed by atoms with van der Waals surface area (Å²) < 4.78 is 2.35. The number of amides is 1. The van der Waals surface area contributed by atoms with E-state index in [2.05, 4.69) is 41.3 Å². The number of halogens is 1. The van der Waals surface area contributed by atoms with Gasteiger partial charge in [0.05, 0.1) is 11.4 Å². The fraction of sp³-hybridized carbons (Fsp3) is 0.188. The molecule has 0 unspecified atom stereocenters. The smallest absolute Gasteiger partial charge is 0.253 e. The van der Waals surface area contributed by atoms with Crippen molar-refractivity contribution in [2.45, 2.75) is 20.8 Å². The minimum atomic E-state index is -0.199. The minimum Gasteiger partial charge on any atom is -0.311 e. The van der Waals surface area contributed by atoms with Crippen LogP contribution in [0.3, 0.4) is 0 Å². The zero-order valence-electron chi connectivity index (χ0n) is 13.4. The number of hydrogen-bond donors (Lipinski definition) is 1. The molecule has 1 N–H and O–H groups in total. The molecule has 0 bridgehead atoms. The van der Waals surface area contributed by atoms with Crippen LogP contribution in [0.4, 0.5) is 5.82 Å². The van der Waals surface area contributed by atoms with E-state index in [1.54, 1.807) is 16.9 Å². The summed E-state index contributed by atoms with van der Waals surface area (Å²) in [6.07, 6.45) is 1.68. The Morgan fingerprint density at radius 2 is 2.00 bits per heavy atom. The average Bonchev–Trinajstić information content (AvgIpc) is 2.85. The number of hydrogen-bond acceptors (Lipinski definition) is 5.